The molecule has 1 fully saturated rings. The van der Waals surface area contributed by atoms with Crippen LogP contribution in [0.1, 0.15) is 30.9 Å². The number of rotatable bonds is 2. The van der Waals surface area contributed by atoms with E-state index in [0.29, 0.717) is 12.1 Å². The Bertz CT molecular complexity index is 401. The first-order chi connectivity index (χ1) is 8.86. The van der Waals surface area contributed by atoms with Gasteiger partial charge in [-0.2, -0.15) is 0 Å². The van der Waals surface area contributed by atoms with Gasteiger partial charge in [-0.1, -0.05) is 18.2 Å². The van der Waals surface area contributed by atoms with Crippen molar-refractivity contribution in [1.29, 1.82) is 0 Å². The molecule has 2 aliphatic rings. The van der Waals surface area contributed by atoms with Crippen LogP contribution in [0.25, 0.3) is 0 Å². The molecule has 0 bridgehead atoms. The smallest absolute Gasteiger partial charge is 0.0367 e. The third-order valence-corrected chi connectivity index (χ3v) is 5.39. The molecular formula is C15H22N2S. The molecule has 18 heavy (non-hydrogen) atoms. The van der Waals surface area contributed by atoms with Crippen LogP contribution in [0.2, 0.25) is 0 Å². The summed E-state index contributed by atoms with van der Waals surface area (Å²) in [6.07, 6.45) is 3.95. The van der Waals surface area contributed by atoms with Crippen molar-refractivity contribution in [2.24, 2.45) is 0 Å². The molecule has 2 unspecified atom stereocenters. The molecule has 2 aliphatic heterocycles. The van der Waals surface area contributed by atoms with Crippen LogP contribution in [0.15, 0.2) is 29.2 Å². The number of benzene rings is 1. The van der Waals surface area contributed by atoms with Crippen molar-refractivity contribution < 1.29 is 0 Å². The number of nitrogens with one attached hydrogen (secondary N) is 1. The van der Waals surface area contributed by atoms with Crippen molar-refractivity contribution in [2.75, 3.05) is 25.9 Å². The molecule has 0 radical (unpaired) electrons. The van der Waals surface area contributed by atoms with Gasteiger partial charge in [-0.15, -0.1) is 11.8 Å². The Balaban J connectivity index is 1.80. The molecule has 0 amide bonds. The normalized spacial score (nSPS) is 28.1. The lowest BCUT2D eigenvalue weighted by molar-refractivity contribution is 0.141. The average molecular weight is 262 g/mol. The van der Waals surface area contributed by atoms with Gasteiger partial charge in [-0.3, -0.25) is 4.90 Å². The highest BCUT2D eigenvalue weighted by Gasteiger charge is 2.28. The Morgan fingerprint density at radius 1 is 1.28 bits per heavy atom. The monoisotopic (exact) mass is 262 g/mol. The van der Waals surface area contributed by atoms with Crippen molar-refractivity contribution in [2.45, 2.75) is 36.2 Å². The Kier molecular flexibility index (Phi) is 3.92. The predicted octanol–water partition coefficient (Wildman–Crippen LogP) is 2.91. The lowest BCUT2D eigenvalue weighted by atomic mass is 9.98. The summed E-state index contributed by atoms with van der Waals surface area (Å²) in [5, 5.41) is 3.53. The van der Waals surface area contributed by atoms with E-state index < -0.39 is 0 Å². The summed E-state index contributed by atoms with van der Waals surface area (Å²) in [7, 11) is 2.31. The zero-order valence-electron chi connectivity index (χ0n) is 11.1. The Morgan fingerprint density at radius 2 is 2.17 bits per heavy atom. The Labute approximate surface area is 114 Å². The molecule has 0 aliphatic carbocycles. The lowest BCUT2D eigenvalue weighted by Gasteiger charge is -2.39. The minimum atomic E-state index is 0.618. The van der Waals surface area contributed by atoms with E-state index in [1.165, 1.54) is 36.5 Å². The van der Waals surface area contributed by atoms with Gasteiger partial charge in [0.15, 0.2) is 0 Å². The fraction of sp³-hybridized carbons (Fsp3) is 0.600. The van der Waals surface area contributed by atoms with Crippen molar-refractivity contribution in [3.63, 3.8) is 0 Å². The zero-order valence-corrected chi connectivity index (χ0v) is 11.9. The molecule has 1 saturated heterocycles. The van der Waals surface area contributed by atoms with Gasteiger partial charge in [0, 0.05) is 23.5 Å². The molecule has 2 heterocycles. The quantitative estimate of drug-likeness (QED) is 0.882. The maximum atomic E-state index is 3.53. The molecule has 3 heteroatoms. The predicted molar refractivity (Wildman–Crippen MR) is 78.2 cm³/mol. The number of nitrogens with zero attached hydrogens (tertiary/aromatic N) is 1. The van der Waals surface area contributed by atoms with Crippen LogP contribution in [0.4, 0.5) is 0 Å². The highest BCUT2D eigenvalue weighted by atomic mass is 32.2. The summed E-state index contributed by atoms with van der Waals surface area (Å²) in [4.78, 5) is 4.11. The van der Waals surface area contributed by atoms with Gasteiger partial charge in [-0.05, 0) is 50.2 Å². The van der Waals surface area contributed by atoms with E-state index in [-0.39, 0.29) is 0 Å². The number of hydrogen-bond donors (Lipinski definition) is 1. The molecule has 1 aromatic carbocycles. The maximum Gasteiger partial charge on any atom is 0.0367 e. The first kappa shape index (κ1) is 12.5. The molecule has 1 N–H and O–H groups in total. The summed E-state index contributed by atoms with van der Waals surface area (Å²) in [6.45, 7) is 2.35. The van der Waals surface area contributed by atoms with Crippen molar-refractivity contribution in [3.8, 4) is 0 Å². The molecular weight excluding hydrogens is 240 g/mol. The minimum absolute atomic E-state index is 0.618. The summed E-state index contributed by atoms with van der Waals surface area (Å²) < 4.78 is 0. The Morgan fingerprint density at radius 3 is 3.00 bits per heavy atom. The second-order valence-corrected chi connectivity index (χ2v) is 6.49. The van der Waals surface area contributed by atoms with Crippen LogP contribution >= 0.6 is 11.8 Å². The number of fused-ring (bicyclic) bond motifs is 1. The number of likely N-dealkylation sites (N-methyl/N-ethyl adjacent to an activating group) is 1. The van der Waals surface area contributed by atoms with Crippen LogP contribution in [-0.4, -0.2) is 36.8 Å². The first-order valence-corrected chi connectivity index (χ1v) is 7.99. The summed E-state index contributed by atoms with van der Waals surface area (Å²) in [5.41, 5.74) is 1.54. The van der Waals surface area contributed by atoms with Crippen LogP contribution < -0.4 is 5.32 Å². The van der Waals surface area contributed by atoms with Gasteiger partial charge in [-0.25, -0.2) is 0 Å². The van der Waals surface area contributed by atoms with Crippen molar-refractivity contribution in [1.82, 2.24) is 10.2 Å². The van der Waals surface area contributed by atoms with E-state index in [1.807, 2.05) is 11.8 Å². The molecule has 3 rings (SSSR count). The van der Waals surface area contributed by atoms with E-state index in [1.54, 1.807) is 5.56 Å². The van der Waals surface area contributed by atoms with E-state index in [9.17, 15) is 0 Å². The largest absolute Gasteiger partial charge is 0.315 e. The van der Waals surface area contributed by atoms with Gasteiger partial charge in [0.25, 0.3) is 0 Å². The molecule has 0 spiro atoms. The average Bonchev–Trinajstić information content (AvgIpc) is 2.47. The Hall–Kier alpha value is -0.510. The van der Waals surface area contributed by atoms with Gasteiger partial charge in [0.2, 0.25) is 0 Å². The van der Waals surface area contributed by atoms with Crippen molar-refractivity contribution >= 4 is 11.8 Å². The maximum absolute atomic E-state index is 3.53. The standard InChI is InChI=1S/C15H22N2S/c1-17(12-5-4-9-16-11-12)14-8-10-18-15-7-3-2-6-13(14)15/h2-3,6-7,12,14,16H,4-5,8-11H2,1H3. The van der Waals surface area contributed by atoms with Crippen LogP contribution in [-0.2, 0) is 0 Å². The zero-order chi connectivity index (χ0) is 12.4. The summed E-state index contributed by atoms with van der Waals surface area (Å²) >= 11 is 2.01. The van der Waals surface area contributed by atoms with E-state index >= 15 is 0 Å². The van der Waals surface area contributed by atoms with Crippen LogP contribution in [0.5, 0.6) is 0 Å². The van der Waals surface area contributed by atoms with Gasteiger partial charge < -0.3 is 5.32 Å². The fourth-order valence-electron chi connectivity index (χ4n) is 3.18. The highest BCUT2D eigenvalue weighted by Crippen LogP contribution is 2.39. The highest BCUT2D eigenvalue weighted by molar-refractivity contribution is 7.99. The molecule has 2 nitrogen and oxygen atoms in total. The third kappa shape index (κ3) is 2.44. The SMILES string of the molecule is CN(C1CCCNC1)C1CCSc2ccccc21. The van der Waals surface area contributed by atoms with Gasteiger partial charge in [0.1, 0.15) is 0 Å². The van der Waals surface area contributed by atoms with E-state index in [0.717, 1.165) is 6.54 Å². The lowest BCUT2D eigenvalue weighted by Crippen LogP contribution is -2.46. The third-order valence-electron chi connectivity index (χ3n) is 4.27. The second kappa shape index (κ2) is 5.64. The topological polar surface area (TPSA) is 15.3 Å². The summed E-state index contributed by atoms with van der Waals surface area (Å²) in [6, 6.07) is 10.3. The van der Waals surface area contributed by atoms with E-state index in [4.69, 9.17) is 0 Å². The molecule has 98 valence electrons. The van der Waals surface area contributed by atoms with E-state index in [2.05, 4.69) is 41.5 Å². The minimum Gasteiger partial charge on any atom is -0.315 e. The molecule has 2 atom stereocenters. The molecule has 1 aromatic rings. The number of hydrogen-bond acceptors (Lipinski definition) is 3. The molecule has 0 saturated carbocycles. The molecule has 0 aromatic heterocycles. The van der Waals surface area contributed by atoms with Crippen LogP contribution in [0, 0.1) is 0 Å². The fourth-order valence-corrected chi connectivity index (χ4v) is 4.29. The van der Waals surface area contributed by atoms with Gasteiger partial charge >= 0.3 is 0 Å². The second-order valence-electron chi connectivity index (χ2n) is 5.36. The summed E-state index contributed by atoms with van der Waals surface area (Å²) in [5.74, 6) is 1.26. The number of thioether (sulfide) groups is 1. The number of piperidine rings is 1. The van der Waals surface area contributed by atoms with Crippen LogP contribution in [0.3, 0.4) is 0 Å². The van der Waals surface area contributed by atoms with Gasteiger partial charge in [0.05, 0.1) is 0 Å². The van der Waals surface area contributed by atoms with Crippen molar-refractivity contribution in [3.05, 3.63) is 29.8 Å². The first-order valence-electron chi connectivity index (χ1n) is 7.00.